The second-order valence-corrected chi connectivity index (χ2v) is 5.71. The molecule has 0 aliphatic carbocycles. The molecule has 0 aliphatic rings. The van der Waals surface area contributed by atoms with E-state index in [2.05, 4.69) is 15.4 Å². The van der Waals surface area contributed by atoms with Gasteiger partial charge in [0.2, 0.25) is 4.96 Å². The van der Waals surface area contributed by atoms with E-state index in [1.807, 2.05) is 12.3 Å². The molecule has 0 aliphatic heterocycles. The number of carbonyl (C=O) groups is 1. The Kier molecular flexibility index (Phi) is 4.52. The van der Waals surface area contributed by atoms with Gasteiger partial charge in [0, 0.05) is 10.9 Å². The molecule has 0 unspecified atom stereocenters. The number of unbranched alkanes of at least 4 members (excludes halogenated alkanes) is 1. The first-order chi connectivity index (χ1) is 11.2. The zero-order chi connectivity index (χ0) is 16.2. The van der Waals surface area contributed by atoms with E-state index in [1.54, 1.807) is 16.6 Å². The van der Waals surface area contributed by atoms with Gasteiger partial charge >= 0.3 is 6.09 Å². The molecule has 0 saturated carbocycles. The molecule has 1 aromatic carbocycles. The van der Waals surface area contributed by atoms with Crippen LogP contribution in [0.3, 0.4) is 0 Å². The summed E-state index contributed by atoms with van der Waals surface area (Å²) in [5.41, 5.74) is 1.60. The fourth-order valence-electron chi connectivity index (χ4n) is 1.99. The SMILES string of the molecule is CCCCOC(=O)Nc1nc2scc(-c3ccc(F)cc3)n2n1. The minimum atomic E-state index is -0.569. The first-order valence-electron chi connectivity index (χ1n) is 7.21. The Bertz CT molecular complexity index is 813. The quantitative estimate of drug-likeness (QED) is 0.718. The van der Waals surface area contributed by atoms with Gasteiger partial charge in [-0.1, -0.05) is 13.3 Å². The van der Waals surface area contributed by atoms with Crippen LogP contribution in [0.15, 0.2) is 29.6 Å². The maximum absolute atomic E-state index is 13.0. The molecular weight excluding hydrogens is 319 g/mol. The topological polar surface area (TPSA) is 68.5 Å². The van der Waals surface area contributed by atoms with Crippen molar-refractivity contribution in [2.45, 2.75) is 19.8 Å². The van der Waals surface area contributed by atoms with Crippen molar-refractivity contribution in [3.63, 3.8) is 0 Å². The van der Waals surface area contributed by atoms with Gasteiger partial charge in [0.1, 0.15) is 5.82 Å². The van der Waals surface area contributed by atoms with Gasteiger partial charge < -0.3 is 4.74 Å². The normalized spacial score (nSPS) is 10.9. The summed E-state index contributed by atoms with van der Waals surface area (Å²) in [5.74, 6) is -0.113. The van der Waals surface area contributed by atoms with Gasteiger partial charge in [-0.05, 0) is 30.7 Å². The molecular formula is C15H15FN4O2S. The number of hydrogen-bond acceptors (Lipinski definition) is 5. The molecule has 2 heterocycles. The summed E-state index contributed by atoms with van der Waals surface area (Å²) in [6.45, 7) is 2.38. The van der Waals surface area contributed by atoms with Gasteiger partial charge in [-0.15, -0.1) is 16.4 Å². The van der Waals surface area contributed by atoms with E-state index in [9.17, 15) is 9.18 Å². The van der Waals surface area contributed by atoms with Crippen LogP contribution in [0.2, 0.25) is 0 Å². The largest absolute Gasteiger partial charge is 0.449 e. The summed E-state index contributed by atoms with van der Waals surface area (Å²) in [7, 11) is 0. The molecule has 23 heavy (non-hydrogen) atoms. The zero-order valence-electron chi connectivity index (χ0n) is 12.5. The average Bonchev–Trinajstić information content (AvgIpc) is 3.08. The van der Waals surface area contributed by atoms with Gasteiger partial charge in [0.15, 0.2) is 0 Å². The number of nitrogens with one attached hydrogen (secondary N) is 1. The number of halogens is 1. The number of aromatic nitrogens is 3. The van der Waals surface area contributed by atoms with E-state index in [-0.39, 0.29) is 11.8 Å². The van der Waals surface area contributed by atoms with Crippen LogP contribution in [-0.4, -0.2) is 27.3 Å². The van der Waals surface area contributed by atoms with Gasteiger partial charge in [0.25, 0.3) is 5.95 Å². The second-order valence-electron chi connectivity index (χ2n) is 4.87. The summed E-state index contributed by atoms with van der Waals surface area (Å²) in [6, 6.07) is 6.12. The first kappa shape index (κ1) is 15.4. The van der Waals surface area contributed by atoms with Crippen LogP contribution in [0.4, 0.5) is 15.1 Å². The molecule has 1 N–H and O–H groups in total. The zero-order valence-corrected chi connectivity index (χ0v) is 13.3. The van der Waals surface area contributed by atoms with Crippen molar-refractivity contribution in [2.75, 3.05) is 11.9 Å². The maximum Gasteiger partial charge on any atom is 0.414 e. The Balaban J connectivity index is 1.78. The number of rotatable bonds is 5. The van der Waals surface area contributed by atoms with Crippen LogP contribution in [0.5, 0.6) is 0 Å². The lowest BCUT2D eigenvalue weighted by Crippen LogP contribution is -2.15. The highest BCUT2D eigenvalue weighted by molar-refractivity contribution is 7.15. The average molecular weight is 334 g/mol. The van der Waals surface area contributed by atoms with Crippen LogP contribution in [0.1, 0.15) is 19.8 Å². The minimum absolute atomic E-state index is 0.182. The van der Waals surface area contributed by atoms with Crippen molar-refractivity contribution in [3.8, 4) is 11.3 Å². The maximum atomic E-state index is 13.0. The minimum Gasteiger partial charge on any atom is -0.449 e. The number of hydrogen-bond donors (Lipinski definition) is 1. The summed E-state index contributed by atoms with van der Waals surface area (Å²) < 4.78 is 19.6. The Morgan fingerprint density at radius 1 is 1.39 bits per heavy atom. The third-order valence-electron chi connectivity index (χ3n) is 3.17. The predicted octanol–water partition coefficient (Wildman–Crippen LogP) is 3.95. The monoisotopic (exact) mass is 334 g/mol. The van der Waals surface area contributed by atoms with Crippen LogP contribution in [0, 0.1) is 5.82 Å². The molecule has 0 bridgehead atoms. The van der Waals surface area contributed by atoms with Crippen LogP contribution < -0.4 is 5.32 Å². The molecule has 0 spiro atoms. The number of ether oxygens (including phenoxy) is 1. The third kappa shape index (κ3) is 3.48. The van der Waals surface area contributed by atoms with Gasteiger partial charge in [-0.25, -0.2) is 13.7 Å². The summed E-state index contributed by atoms with van der Waals surface area (Å²) in [5, 5.41) is 8.64. The standard InChI is InChI=1S/C15H15FN4O2S/c1-2-3-8-22-15(21)18-13-17-14-20(19-13)12(9-23-14)10-4-6-11(16)7-5-10/h4-7,9H,2-3,8H2,1H3,(H,18,19,21). The molecule has 0 fully saturated rings. The van der Waals surface area contributed by atoms with E-state index >= 15 is 0 Å². The van der Waals surface area contributed by atoms with Crippen molar-refractivity contribution in [3.05, 3.63) is 35.5 Å². The van der Waals surface area contributed by atoms with Crippen LogP contribution in [-0.2, 0) is 4.74 Å². The molecule has 8 heteroatoms. The van der Waals surface area contributed by atoms with E-state index in [4.69, 9.17) is 4.74 Å². The number of fused-ring (bicyclic) bond motifs is 1. The fraction of sp³-hybridized carbons (Fsp3) is 0.267. The highest BCUT2D eigenvalue weighted by Gasteiger charge is 2.13. The van der Waals surface area contributed by atoms with Crippen molar-refractivity contribution in [1.29, 1.82) is 0 Å². The Hall–Kier alpha value is -2.48. The van der Waals surface area contributed by atoms with Crippen LogP contribution in [0.25, 0.3) is 16.2 Å². The van der Waals surface area contributed by atoms with Gasteiger partial charge in [-0.2, -0.15) is 4.98 Å². The highest BCUT2D eigenvalue weighted by Crippen LogP contribution is 2.26. The molecule has 120 valence electrons. The summed E-state index contributed by atoms with van der Waals surface area (Å²) >= 11 is 1.39. The lowest BCUT2D eigenvalue weighted by molar-refractivity contribution is 0.159. The number of amides is 1. The number of benzene rings is 1. The Morgan fingerprint density at radius 3 is 2.91 bits per heavy atom. The van der Waals surface area contributed by atoms with E-state index in [0.29, 0.717) is 11.6 Å². The van der Waals surface area contributed by atoms with E-state index in [0.717, 1.165) is 24.1 Å². The number of anilines is 1. The first-order valence-corrected chi connectivity index (χ1v) is 8.09. The van der Waals surface area contributed by atoms with E-state index in [1.165, 1.54) is 23.5 Å². The van der Waals surface area contributed by atoms with Gasteiger partial charge in [-0.3, -0.25) is 5.32 Å². The molecule has 0 radical (unpaired) electrons. The molecule has 0 saturated heterocycles. The van der Waals surface area contributed by atoms with Crippen molar-refractivity contribution < 1.29 is 13.9 Å². The molecule has 1 amide bonds. The molecule has 3 rings (SSSR count). The highest BCUT2D eigenvalue weighted by atomic mass is 32.1. The number of thiazole rings is 1. The lowest BCUT2D eigenvalue weighted by atomic mass is 10.2. The Morgan fingerprint density at radius 2 is 2.17 bits per heavy atom. The molecule has 2 aromatic heterocycles. The summed E-state index contributed by atoms with van der Waals surface area (Å²) in [6.07, 6.45) is 1.20. The molecule has 6 nitrogen and oxygen atoms in total. The smallest absolute Gasteiger partial charge is 0.414 e. The third-order valence-corrected chi connectivity index (χ3v) is 3.98. The van der Waals surface area contributed by atoms with Gasteiger partial charge in [0.05, 0.1) is 12.3 Å². The number of nitrogens with zero attached hydrogens (tertiary/aromatic N) is 3. The van der Waals surface area contributed by atoms with Crippen LogP contribution >= 0.6 is 11.3 Å². The molecule has 3 aromatic rings. The van der Waals surface area contributed by atoms with Crippen molar-refractivity contribution >= 4 is 28.3 Å². The van der Waals surface area contributed by atoms with Crippen molar-refractivity contribution in [1.82, 2.24) is 14.6 Å². The fourth-order valence-corrected chi connectivity index (χ4v) is 2.82. The lowest BCUT2D eigenvalue weighted by Gasteiger charge is -2.02. The van der Waals surface area contributed by atoms with E-state index < -0.39 is 6.09 Å². The second kappa shape index (κ2) is 6.74. The Labute approximate surface area is 135 Å². The van der Waals surface area contributed by atoms with Crippen molar-refractivity contribution in [2.24, 2.45) is 0 Å². The summed E-state index contributed by atoms with van der Waals surface area (Å²) in [4.78, 5) is 16.5. The number of carbonyl (C=O) groups excluding carboxylic acids is 1. The predicted molar refractivity (Wildman–Crippen MR) is 86.1 cm³/mol. The molecule has 0 atom stereocenters.